The van der Waals surface area contributed by atoms with Crippen molar-refractivity contribution in [3.63, 3.8) is 0 Å². The summed E-state index contributed by atoms with van der Waals surface area (Å²) in [6.45, 7) is 0.309. The third kappa shape index (κ3) is 4.60. The van der Waals surface area contributed by atoms with E-state index in [1.165, 1.54) is 18.2 Å². The summed E-state index contributed by atoms with van der Waals surface area (Å²) in [5.74, 6) is 0.0538. The molecule has 5 rings (SSSR count). The summed E-state index contributed by atoms with van der Waals surface area (Å²) in [5, 5.41) is 8.52. The van der Waals surface area contributed by atoms with Gasteiger partial charge >= 0.3 is 0 Å². The number of para-hydroxylation sites is 2. The number of nitrogens with zero attached hydrogens (tertiary/aromatic N) is 2. The predicted molar refractivity (Wildman–Crippen MR) is 126 cm³/mol. The van der Waals surface area contributed by atoms with E-state index in [2.05, 4.69) is 5.32 Å². The van der Waals surface area contributed by atoms with Gasteiger partial charge in [-0.3, -0.25) is 4.79 Å². The van der Waals surface area contributed by atoms with Crippen molar-refractivity contribution in [1.82, 2.24) is 15.1 Å². The van der Waals surface area contributed by atoms with Gasteiger partial charge in [0.05, 0.1) is 5.69 Å². The first-order valence-electron chi connectivity index (χ1n) is 10.5. The normalized spacial score (nSPS) is 11.3. The third-order valence-electron chi connectivity index (χ3n) is 5.22. The minimum absolute atomic E-state index is 0.262. The van der Waals surface area contributed by atoms with Gasteiger partial charge in [-0.15, -0.1) is 0 Å². The summed E-state index contributed by atoms with van der Waals surface area (Å²) in [7, 11) is 0. The van der Waals surface area contributed by atoms with Gasteiger partial charge in [0.1, 0.15) is 17.1 Å². The zero-order valence-corrected chi connectivity index (χ0v) is 17.6. The smallest absolute Gasteiger partial charge is 0.244 e. The molecular weight excluding hydrogens is 417 g/mol. The molecule has 5 aromatic rings. The van der Waals surface area contributed by atoms with E-state index in [9.17, 15) is 9.18 Å². The van der Waals surface area contributed by atoms with Crippen LogP contribution < -0.4 is 5.32 Å². The molecule has 0 spiro atoms. The lowest BCUT2D eigenvalue weighted by atomic mass is 10.1. The number of furan rings is 1. The van der Waals surface area contributed by atoms with Crippen LogP contribution in [-0.2, 0) is 11.3 Å². The molecule has 0 atom stereocenters. The van der Waals surface area contributed by atoms with Crippen molar-refractivity contribution in [2.24, 2.45) is 0 Å². The standard InChI is InChI=1S/C27H20FN3O2/c28-22-13-10-19(11-14-22)17-29-26(32)15-12-21-18-31(23-7-2-1-3-8-23)30-27(21)25-16-20-6-4-5-9-24(20)33-25/h1-16,18H,17H2,(H,29,32)/b15-12+. The van der Waals surface area contributed by atoms with Gasteiger partial charge in [-0.2, -0.15) is 5.10 Å². The quantitative estimate of drug-likeness (QED) is 0.344. The van der Waals surface area contributed by atoms with E-state index in [1.54, 1.807) is 22.9 Å². The second-order valence-electron chi connectivity index (χ2n) is 7.54. The molecule has 0 saturated carbocycles. The zero-order valence-electron chi connectivity index (χ0n) is 17.6. The average Bonchev–Trinajstić information content (AvgIpc) is 3.47. The largest absolute Gasteiger partial charge is 0.454 e. The highest BCUT2D eigenvalue weighted by molar-refractivity contribution is 5.93. The molecule has 162 valence electrons. The number of carbonyl (C=O) groups is 1. The average molecular weight is 437 g/mol. The van der Waals surface area contributed by atoms with Crippen molar-refractivity contribution in [3.05, 3.63) is 114 Å². The molecule has 0 bridgehead atoms. The van der Waals surface area contributed by atoms with Crippen LogP contribution >= 0.6 is 0 Å². The van der Waals surface area contributed by atoms with E-state index < -0.39 is 0 Å². The molecule has 1 amide bonds. The Hall–Kier alpha value is -4.45. The fourth-order valence-corrected chi connectivity index (χ4v) is 3.53. The molecule has 6 heteroatoms. The molecule has 0 aliphatic heterocycles. The first kappa shape index (κ1) is 20.5. The second kappa shape index (κ2) is 8.96. The van der Waals surface area contributed by atoms with E-state index in [1.807, 2.05) is 66.9 Å². The van der Waals surface area contributed by atoms with Gasteiger partial charge < -0.3 is 9.73 Å². The molecule has 0 radical (unpaired) electrons. The van der Waals surface area contributed by atoms with Crippen molar-refractivity contribution < 1.29 is 13.6 Å². The van der Waals surface area contributed by atoms with Crippen LogP contribution in [0.25, 0.3) is 34.2 Å². The summed E-state index contributed by atoms with van der Waals surface area (Å²) in [6.07, 6.45) is 5.04. The molecular formula is C27H20FN3O2. The van der Waals surface area contributed by atoms with E-state index in [-0.39, 0.29) is 11.7 Å². The van der Waals surface area contributed by atoms with Gasteiger partial charge in [-0.1, -0.05) is 48.5 Å². The third-order valence-corrected chi connectivity index (χ3v) is 5.22. The number of hydrogen-bond donors (Lipinski definition) is 1. The Morgan fingerprint density at radius 1 is 1.00 bits per heavy atom. The van der Waals surface area contributed by atoms with Gasteiger partial charge in [0, 0.05) is 29.8 Å². The number of amides is 1. The fourth-order valence-electron chi connectivity index (χ4n) is 3.53. The maximum Gasteiger partial charge on any atom is 0.244 e. The van der Waals surface area contributed by atoms with Crippen molar-refractivity contribution >= 4 is 23.0 Å². The van der Waals surface area contributed by atoms with Crippen molar-refractivity contribution in [1.29, 1.82) is 0 Å². The number of rotatable bonds is 6. The minimum Gasteiger partial charge on any atom is -0.454 e. The molecule has 0 fully saturated rings. The molecule has 0 saturated heterocycles. The molecule has 2 aromatic heterocycles. The van der Waals surface area contributed by atoms with Gasteiger partial charge in [0.2, 0.25) is 5.91 Å². The predicted octanol–water partition coefficient (Wildman–Crippen LogP) is 5.75. The first-order chi connectivity index (χ1) is 16.2. The number of halogens is 1. The summed E-state index contributed by atoms with van der Waals surface area (Å²) < 4.78 is 20.8. The van der Waals surface area contributed by atoms with Crippen molar-refractivity contribution in [2.75, 3.05) is 0 Å². The van der Waals surface area contributed by atoms with E-state index >= 15 is 0 Å². The number of benzene rings is 3. The van der Waals surface area contributed by atoms with Crippen LogP contribution in [0, 0.1) is 5.82 Å². The van der Waals surface area contributed by atoms with Crippen molar-refractivity contribution in [3.8, 4) is 17.1 Å². The number of fused-ring (bicyclic) bond motifs is 1. The maximum atomic E-state index is 13.1. The minimum atomic E-state index is -0.307. The molecule has 0 unspecified atom stereocenters. The summed E-state index contributed by atoms with van der Waals surface area (Å²) in [5.41, 5.74) is 3.87. The monoisotopic (exact) mass is 437 g/mol. The lowest BCUT2D eigenvalue weighted by Crippen LogP contribution is -2.20. The molecule has 1 N–H and O–H groups in total. The molecule has 5 nitrogen and oxygen atoms in total. The Morgan fingerprint density at radius 2 is 1.76 bits per heavy atom. The van der Waals surface area contributed by atoms with Crippen LogP contribution in [0.1, 0.15) is 11.1 Å². The number of nitrogens with one attached hydrogen (secondary N) is 1. The van der Waals surface area contributed by atoms with Crippen LogP contribution in [0.4, 0.5) is 4.39 Å². The fraction of sp³-hybridized carbons (Fsp3) is 0.0370. The molecule has 0 aliphatic rings. The van der Waals surface area contributed by atoms with Crippen LogP contribution in [-0.4, -0.2) is 15.7 Å². The van der Waals surface area contributed by atoms with E-state index in [0.29, 0.717) is 18.0 Å². The molecule has 2 heterocycles. The van der Waals surface area contributed by atoms with Crippen LogP contribution in [0.5, 0.6) is 0 Å². The SMILES string of the molecule is O=C(/C=C/c1cn(-c2ccccc2)nc1-c1cc2ccccc2o1)NCc1ccc(F)cc1. The topological polar surface area (TPSA) is 60.1 Å². The lowest BCUT2D eigenvalue weighted by Gasteiger charge is -2.02. The maximum absolute atomic E-state index is 13.1. The highest BCUT2D eigenvalue weighted by Crippen LogP contribution is 2.30. The molecule has 0 aliphatic carbocycles. The highest BCUT2D eigenvalue weighted by Gasteiger charge is 2.15. The van der Waals surface area contributed by atoms with Gasteiger partial charge in [-0.05, 0) is 48.0 Å². The Morgan fingerprint density at radius 3 is 2.55 bits per heavy atom. The van der Waals surface area contributed by atoms with Crippen molar-refractivity contribution in [2.45, 2.75) is 6.54 Å². The second-order valence-corrected chi connectivity index (χ2v) is 7.54. The van der Waals surface area contributed by atoms with Crippen LogP contribution in [0.15, 0.2) is 102 Å². The molecule has 3 aromatic carbocycles. The molecule has 33 heavy (non-hydrogen) atoms. The number of hydrogen-bond acceptors (Lipinski definition) is 3. The van der Waals surface area contributed by atoms with Gasteiger partial charge in [-0.25, -0.2) is 9.07 Å². The Labute approximate surface area is 189 Å². The number of carbonyl (C=O) groups excluding carboxylic acids is 1. The van der Waals surface area contributed by atoms with Crippen LogP contribution in [0.3, 0.4) is 0 Å². The Balaban J connectivity index is 1.43. The van der Waals surface area contributed by atoms with E-state index in [4.69, 9.17) is 9.52 Å². The van der Waals surface area contributed by atoms with Crippen LogP contribution in [0.2, 0.25) is 0 Å². The summed E-state index contributed by atoms with van der Waals surface area (Å²) in [4.78, 5) is 12.4. The Bertz CT molecular complexity index is 1400. The highest BCUT2D eigenvalue weighted by atomic mass is 19.1. The van der Waals surface area contributed by atoms with Gasteiger partial charge in [0.15, 0.2) is 5.76 Å². The zero-order chi connectivity index (χ0) is 22.6. The first-order valence-corrected chi connectivity index (χ1v) is 10.5. The van der Waals surface area contributed by atoms with Gasteiger partial charge in [0.25, 0.3) is 0 Å². The number of aromatic nitrogens is 2. The van der Waals surface area contributed by atoms with E-state index in [0.717, 1.165) is 27.8 Å². The summed E-state index contributed by atoms with van der Waals surface area (Å²) >= 11 is 0. The lowest BCUT2D eigenvalue weighted by molar-refractivity contribution is -0.116. The summed E-state index contributed by atoms with van der Waals surface area (Å²) in [6, 6.07) is 25.5. The Kier molecular flexibility index (Phi) is 5.55.